The molecule has 0 bridgehead atoms. The van der Waals surface area contributed by atoms with Crippen LogP contribution in [0.3, 0.4) is 0 Å². The number of pyridine rings is 1. The highest BCUT2D eigenvalue weighted by atomic mass is 35.5. The van der Waals surface area contributed by atoms with Crippen molar-refractivity contribution in [2.45, 2.75) is 31.4 Å². The molecule has 2 aromatic rings. The minimum absolute atomic E-state index is 0.0366. The highest BCUT2D eigenvalue weighted by molar-refractivity contribution is 6.30. The standard InChI is InChI=1S/C20H19ClFN3O5/c21-12-7-10(1-2-13(12)22)8-25-6-3-11-14(19(25)29)16(26)18(28)24-15(11)17(27)23-9-20(30)4-5-20/h1-2,7,26,30H,3-6,8-9H2,(H,23,27)(H,24,28). The lowest BCUT2D eigenvalue weighted by Crippen LogP contribution is -2.41. The normalized spacial score (nSPS) is 16.9. The van der Waals surface area contributed by atoms with Crippen molar-refractivity contribution >= 4 is 23.4 Å². The summed E-state index contributed by atoms with van der Waals surface area (Å²) < 4.78 is 13.4. The Morgan fingerprint density at radius 2 is 2.07 bits per heavy atom. The maximum absolute atomic E-state index is 13.4. The van der Waals surface area contributed by atoms with E-state index in [4.69, 9.17) is 11.6 Å². The second-order valence-electron chi connectivity index (χ2n) is 7.66. The number of H-pyrrole nitrogens is 1. The third kappa shape index (κ3) is 3.78. The minimum atomic E-state index is -0.955. The van der Waals surface area contributed by atoms with Crippen LogP contribution in [0.25, 0.3) is 0 Å². The summed E-state index contributed by atoms with van der Waals surface area (Å²) in [7, 11) is 0. The van der Waals surface area contributed by atoms with E-state index in [0.717, 1.165) is 0 Å². The van der Waals surface area contributed by atoms with Crippen LogP contribution in [0.4, 0.5) is 4.39 Å². The van der Waals surface area contributed by atoms with Crippen molar-refractivity contribution < 1.29 is 24.2 Å². The number of hydrogen-bond donors (Lipinski definition) is 4. The Labute approximate surface area is 175 Å². The van der Waals surface area contributed by atoms with Gasteiger partial charge in [0.25, 0.3) is 17.4 Å². The molecule has 4 N–H and O–H groups in total. The van der Waals surface area contributed by atoms with Crippen molar-refractivity contribution in [2.75, 3.05) is 13.1 Å². The van der Waals surface area contributed by atoms with E-state index in [1.54, 1.807) is 0 Å². The van der Waals surface area contributed by atoms with E-state index in [2.05, 4.69) is 10.3 Å². The Balaban J connectivity index is 1.62. The number of fused-ring (bicyclic) bond motifs is 1. The lowest BCUT2D eigenvalue weighted by Gasteiger charge is -2.30. The van der Waals surface area contributed by atoms with E-state index in [9.17, 15) is 29.0 Å². The van der Waals surface area contributed by atoms with Gasteiger partial charge in [0.2, 0.25) is 0 Å². The number of nitrogens with one attached hydrogen (secondary N) is 2. The highest BCUT2D eigenvalue weighted by Gasteiger charge is 2.41. The fraction of sp³-hybridized carbons (Fsp3) is 0.350. The zero-order valence-electron chi connectivity index (χ0n) is 15.8. The largest absolute Gasteiger partial charge is 0.502 e. The van der Waals surface area contributed by atoms with Gasteiger partial charge < -0.3 is 25.4 Å². The maximum atomic E-state index is 13.4. The van der Waals surface area contributed by atoms with E-state index in [-0.39, 0.29) is 47.9 Å². The first-order chi connectivity index (χ1) is 14.2. The van der Waals surface area contributed by atoms with Crippen molar-refractivity contribution in [3.63, 3.8) is 0 Å². The molecule has 10 heteroatoms. The van der Waals surface area contributed by atoms with Gasteiger partial charge in [0, 0.05) is 19.6 Å². The van der Waals surface area contributed by atoms with Gasteiger partial charge in [-0.2, -0.15) is 0 Å². The van der Waals surface area contributed by atoms with Gasteiger partial charge in [-0.3, -0.25) is 14.4 Å². The van der Waals surface area contributed by atoms with Gasteiger partial charge in [0.1, 0.15) is 11.5 Å². The third-order valence-corrected chi connectivity index (χ3v) is 5.71. The number of aromatic hydroxyl groups is 1. The van der Waals surface area contributed by atoms with Crippen molar-refractivity contribution in [3.8, 4) is 5.75 Å². The fourth-order valence-corrected chi connectivity index (χ4v) is 3.68. The number of aromatic nitrogens is 1. The molecule has 1 aliphatic carbocycles. The van der Waals surface area contributed by atoms with Gasteiger partial charge in [-0.1, -0.05) is 17.7 Å². The monoisotopic (exact) mass is 435 g/mol. The number of rotatable bonds is 5. The summed E-state index contributed by atoms with van der Waals surface area (Å²) in [5.41, 5.74) is -1.38. The van der Waals surface area contributed by atoms with Crippen LogP contribution in [0.15, 0.2) is 23.0 Å². The van der Waals surface area contributed by atoms with Crippen LogP contribution < -0.4 is 10.9 Å². The van der Waals surface area contributed by atoms with Crippen molar-refractivity contribution in [2.24, 2.45) is 0 Å². The average Bonchev–Trinajstić information content (AvgIpc) is 3.45. The Bertz CT molecular complexity index is 1110. The van der Waals surface area contributed by atoms with Crippen LogP contribution in [0.5, 0.6) is 5.75 Å². The summed E-state index contributed by atoms with van der Waals surface area (Å²) in [5.74, 6) is -2.58. The Kier molecular flexibility index (Phi) is 5.03. The van der Waals surface area contributed by atoms with Crippen LogP contribution in [-0.2, 0) is 13.0 Å². The second-order valence-corrected chi connectivity index (χ2v) is 8.07. The molecule has 2 amide bonds. The van der Waals surface area contributed by atoms with E-state index in [0.29, 0.717) is 18.4 Å². The molecule has 0 radical (unpaired) electrons. The van der Waals surface area contributed by atoms with E-state index < -0.39 is 34.5 Å². The smallest absolute Gasteiger partial charge is 0.291 e. The zero-order chi connectivity index (χ0) is 21.6. The van der Waals surface area contributed by atoms with Gasteiger partial charge >= 0.3 is 0 Å². The number of benzene rings is 1. The number of hydrogen-bond acceptors (Lipinski definition) is 5. The van der Waals surface area contributed by atoms with Crippen LogP contribution in [-0.4, -0.2) is 50.6 Å². The molecule has 0 saturated heterocycles. The summed E-state index contributed by atoms with van der Waals surface area (Å²) in [6.45, 7) is 0.352. The first-order valence-electron chi connectivity index (χ1n) is 9.40. The topological polar surface area (TPSA) is 123 Å². The number of aromatic amines is 1. The molecule has 0 atom stereocenters. The summed E-state index contributed by atoms with van der Waals surface area (Å²) in [6, 6.07) is 4.08. The lowest BCUT2D eigenvalue weighted by molar-refractivity contribution is 0.0721. The molecule has 1 fully saturated rings. The molecule has 4 rings (SSSR count). The van der Waals surface area contributed by atoms with Crippen LogP contribution in [0, 0.1) is 5.82 Å². The molecule has 1 aromatic heterocycles. The van der Waals surface area contributed by atoms with Crippen molar-refractivity contribution in [1.82, 2.24) is 15.2 Å². The van der Waals surface area contributed by atoms with Gasteiger partial charge in [-0.05, 0) is 42.5 Å². The Hall–Kier alpha value is -2.91. The summed E-state index contributed by atoms with van der Waals surface area (Å²) in [5, 5.41) is 22.6. The molecule has 158 valence electrons. The fourth-order valence-electron chi connectivity index (χ4n) is 3.47. The summed E-state index contributed by atoms with van der Waals surface area (Å²) in [6.07, 6.45) is 1.38. The lowest BCUT2D eigenvalue weighted by atomic mass is 9.96. The Morgan fingerprint density at radius 3 is 2.73 bits per heavy atom. The highest BCUT2D eigenvalue weighted by Crippen LogP contribution is 2.34. The first-order valence-corrected chi connectivity index (χ1v) is 9.78. The number of carbonyl (C=O) groups is 2. The summed E-state index contributed by atoms with van der Waals surface area (Å²) >= 11 is 5.79. The van der Waals surface area contributed by atoms with E-state index in [1.807, 2.05) is 0 Å². The van der Waals surface area contributed by atoms with E-state index in [1.165, 1.54) is 23.1 Å². The summed E-state index contributed by atoms with van der Waals surface area (Å²) in [4.78, 5) is 41.4. The van der Waals surface area contributed by atoms with Gasteiger partial charge in [-0.15, -0.1) is 0 Å². The van der Waals surface area contributed by atoms with Crippen LogP contribution in [0.1, 0.15) is 44.8 Å². The minimum Gasteiger partial charge on any atom is -0.502 e. The molecule has 1 aromatic carbocycles. The Morgan fingerprint density at radius 1 is 1.33 bits per heavy atom. The third-order valence-electron chi connectivity index (χ3n) is 5.42. The van der Waals surface area contributed by atoms with Crippen molar-refractivity contribution in [1.29, 1.82) is 0 Å². The average molecular weight is 436 g/mol. The van der Waals surface area contributed by atoms with Crippen LogP contribution >= 0.6 is 11.6 Å². The number of aliphatic hydroxyl groups is 1. The van der Waals surface area contributed by atoms with Gasteiger partial charge in [0.15, 0.2) is 5.75 Å². The molecular formula is C20H19ClFN3O5. The SMILES string of the molecule is O=C(NCC1(O)CC1)c1[nH]c(=O)c(O)c2c1CCN(Cc1ccc(F)c(Cl)c1)C2=O. The molecule has 2 heterocycles. The molecule has 1 aliphatic heterocycles. The number of carbonyl (C=O) groups excluding carboxylic acids is 2. The van der Waals surface area contributed by atoms with Crippen molar-refractivity contribution in [3.05, 3.63) is 61.8 Å². The number of nitrogens with zero attached hydrogens (tertiary/aromatic N) is 1. The number of halogens is 2. The molecule has 8 nitrogen and oxygen atoms in total. The predicted octanol–water partition coefficient (Wildman–Crippen LogP) is 1.33. The maximum Gasteiger partial charge on any atom is 0.291 e. The molecular weight excluding hydrogens is 417 g/mol. The van der Waals surface area contributed by atoms with Gasteiger partial charge in [0.05, 0.1) is 16.2 Å². The first kappa shape index (κ1) is 20.4. The van der Waals surface area contributed by atoms with Crippen LogP contribution in [0.2, 0.25) is 5.02 Å². The molecule has 2 aliphatic rings. The second kappa shape index (κ2) is 7.41. The van der Waals surface area contributed by atoms with Gasteiger partial charge in [-0.25, -0.2) is 4.39 Å². The number of amides is 2. The quantitative estimate of drug-likeness (QED) is 0.564. The zero-order valence-corrected chi connectivity index (χ0v) is 16.6. The molecule has 30 heavy (non-hydrogen) atoms. The molecule has 0 unspecified atom stereocenters. The molecule has 0 spiro atoms. The van der Waals surface area contributed by atoms with E-state index >= 15 is 0 Å². The molecule has 1 saturated carbocycles. The predicted molar refractivity (Wildman–Crippen MR) is 105 cm³/mol.